The Bertz CT molecular complexity index is 547. The summed E-state index contributed by atoms with van der Waals surface area (Å²) < 4.78 is 19.8. The van der Waals surface area contributed by atoms with Crippen LogP contribution in [0.1, 0.15) is 41.5 Å². The summed E-state index contributed by atoms with van der Waals surface area (Å²) in [5.74, 6) is 0. The molecule has 0 atom stereocenters. The van der Waals surface area contributed by atoms with Crippen LogP contribution in [0, 0.1) is 0 Å². The first-order valence-electron chi connectivity index (χ1n) is 7.94. The van der Waals surface area contributed by atoms with Gasteiger partial charge < -0.3 is 0 Å². The van der Waals surface area contributed by atoms with Crippen LogP contribution >= 0.6 is 0 Å². The number of H-pyrrole nitrogens is 1. The molecule has 1 N–H and O–H groups in total. The standard InChI is InChI=1S/C8H6N.3C3H7O.Ti/c1-2-4-8-7(3-1)5-6-9-8;3*1-3(2)4;/h1-5,9H;3*3H,1-2H3;/q;3*-1;+3. The number of hydrogen-bond donors (Lipinski definition) is 1. The minimum atomic E-state index is -3.62. The number of aromatic nitrogens is 1. The van der Waals surface area contributed by atoms with Crippen LogP contribution in [-0.2, 0) is 27.7 Å². The molecule has 0 fully saturated rings. The minimum absolute atomic E-state index is 0.0453. The van der Waals surface area contributed by atoms with Crippen LogP contribution in [0.2, 0.25) is 0 Å². The Morgan fingerprint density at radius 2 is 1.32 bits per heavy atom. The molecule has 22 heavy (non-hydrogen) atoms. The van der Waals surface area contributed by atoms with Gasteiger partial charge in [-0.2, -0.15) is 0 Å². The van der Waals surface area contributed by atoms with E-state index in [2.05, 4.69) is 23.2 Å². The fraction of sp³-hybridized carbons (Fsp3) is 0.529. The molecule has 0 aliphatic heterocycles. The van der Waals surface area contributed by atoms with Gasteiger partial charge in [-0.1, -0.05) is 0 Å². The van der Waals surface area contributed by atoms with Crippen LogP contribution in [0.4, 0.5) is 0 Å². The van der Waals surface area contributed by atoms with Crippen LogP contribution in [0.15, 0.2) is 30.3 Å². The fourth-order valence-electron chi connectivity index (χ4n) is 2.44. The van der Waals surface area contributed by atoms with Gasteiger partial charge in [-0.25, -0.2) is 0 Å². The summed E-state index contributed by atoms with van der Waals surface area (Å²) in [5, 5.41) is 1.15. The van der Waals surface area contributed by atoms with Crippen molar-refractivity contribution in [2.75, 3.05) is 0 Å². The second-order valence-corrected chi connectivity index (χ2v) is 10.0. The van der Waals surface area contributed by atoms with E-state index < -0.39 is 17.8 Å². The third kappa shape index (κ3) is 4.21. The Labute approximate surface area is 137 Å². The number of rotatable bonds is 7. The Morgan fingerprint density at radius 3 is 1.77 bits per heavy atom. The van der Waals surface area contributed by atoms with E-state index in [4.69, 9.17) is 9.96 Å². The Balaban J connectivity index is 2.52. The molecule has 4 nitrogen and oxygen atoms in total. The van der Waals surface area contributed by atoms with Crippen LogP contribution < -0.4 is 4.00 Å². The molecule has 2 aromatic rings. The molecule has 0 amide bonds. The van der Waals surface area contributed by atoms with Crippen molar-refractivity contribution < 1.29 is 27.7 Å². The molecule has 0 unspecified atom stereocenters. The fourth-order valence-corrected chi connectivity index (χ4v) is 7.17. The third-order valence-electron chi connectivity index (χ3n) is 3.03. The number of hydrogen-bond acceptors (Lipinski definition) is 3. The molecule has 2 rings (SSSR count). The van der Waals surface area contributed by atoms with Gasteiger partial charge in [0, 0.05) is 0 Å². The molecule has 1 aromatic carbocycles. The molecule has 0 radical (unpaired) electrons. The van der Waals surface area contributed by atoms with E-state index in [1.165, 1.54) is 0 Å². The predicted molar refractivity (Wildman–Crippen MR) is 86.6 cm³/mol. The van der Waals surface area contributed by atoms with Crippen molar-refractivity contribution in [3.8, 4) is 0 Å². The average Bonchev–Trinajstić information content (AvgIpc) is 2.80. The molecular weight excluding hydrogens is 314 g/mol. The second-order valence-electron chi connectivity index (χ2n) is 6.33. The third-order valence-corrected chi connectivity index (χ3v) is 8.15. The summed E-state index contributed by atoms with van der Waals surface area (Å²) in [6, 6.07) is 10.3. The van der Waals surface area contributed by atoms with E-state index >= 15 is 0 Å². The SMILES string of the molecule is CC(C)[O][Ti]([O]C(C)C)([O]C(C)C)[c]1cc2ccccc2[nH]1. The summed E-state index contributed by atoms with van der Waals surface area (Å²) in [7, 11) is 0. The van der Waals surface area contributed by atoms with E-state index in [1.54, 1.807) is 0 Å². The molecule has 5 heteroatoms. The summed E-state index contributed by atoms with van der Waals surface area (Å²) >= 11 is -3.62. The molecule has 0 aliphatic rings. The predicted octanol–water partition coefficient (Wildman–Crippen LogP) is 3.97. The Morgan fingerprint density at radius 1 is 0.818 bits per heavy atom. The van der Waals surface area contributed by atoms with Gasteiger partial charge in [0.25, 0.3) is 0 Å². The monoisotopic (exact) mass is 341 g/mol. The number of fused-ring (bicyclic) bond motifs is 1. The van der Waals surface area contributed by atoms with E-state index in [0.717, 1.165) is 14.9 Å². The number of benzene rings is 1. The summed E-state index contributed by atoms with van der Waals surface area (Å²) in [6.45, 7) is 12.1. The van der Waals surface area contributed by atoms with Crippen molar-refractivity contribution in [1.29, 1.82) is 0 Å². The second kappa shape index (κ2) is 7.28. The molecule has 122 valence electrons. The normalized spacial score (nSPS) is 13.0. The summed E-state index contributed by atoms with van der Waals surface area (Å²) in [4.78, 5) is 3.46. The van der Waals surface area contributed by atoms with E-state index in [1.807, 2.05) is 53.7 Å². The number of para-hydroxylation sites is 1. The van der Waals surface area contributed by atoms with Gasteiger partial charge in [-0.3, -0.25) is 0 Å². The zero-order valence-corrected chi connectivity index (χ0v) is 15.9. The first-order valence-corrected chi connectivity index (χ1v) is 10.6. The molecule has 1 heterocycles. The topological polar surface area (TPSA) is 43.5 Å². The van der Waals surface area contributed by atoms with Crippen molar-refractivity contribution in [2.24, 2.45) is 0 Å². The van der Waals surface area contributed by atoms with Crippen molar-refractivity contribution in [2.45, 2.75) is 59.9 Å². The van der Waals surface area contributed by atoms with Crippen molar-refractivity contribution >= 4 is 14.9 Å². The zero-order valence-electron chi connectivity index (χ0n) is 14.3. The maximum atomic E-state index is 6.29. The molecule has 0 saturated carbocycles. The van der Waals surface area contributed by atoms with E-state index in [9.17, 15) is 0 Å². The Kier molecular flexibility index (Phi) is 5.86. The molecule has 1 aromatic heterocycles. The van der Waals surface area contributed by atoms with E-state index in [-0.39, 0.29) is 18.3 Å². The quantitative estimate of drug-likeness (QED) is 0.775. The number of aromatic amines is 1. The van der Waals surface area contributed by atoms with E-state index in [0.29, 0.717) is 0 Å². The van der Waals surface area contributed by atoms with Crippen LogP contribution in [0.5, 0.6) is 0 Å². The van der Waals surface area contributed by atoms with Crippen molar-refractivity contribution in [1.82, 2.24) is 4.98 Å². The van der Waals surface area contributed by atoms with Crippen molar-refractivity contribution in [3.05, 3.63) is 30.3 Å². The van der Waals surface area contributed by atoms with Gasteiger partial charge in [-0.05, 0) is 0 Å². The first-order chi connectivity index (χ1) is 10.3. The van der Waals surface area contributed by atoms with Crippen LogP contribution in [0.3, 0.4) is 0 Å². The van der Waals surface area contributed by atoms with Gasteiger partial charge in [0.1, 0.15) is 0 Å². The maximum absolute atomic E-state index is 6.29. The average molecular weight is 341 g/mol. The summed E-state index contributed by atoms with van der Waals surface area (Å²) in [6.07, 6.45) is 0.136. The van der Waals surface area contributed by atoms with Crippen LogP contribution in [-0.4, -0.2) is 23.3 Å². The van der Waals surface area contributed by atoms with Gasteiger partial charge in [0.05, 0.1) is 0 Å². The summed E-state index contributed by atoms with van der Waals surface area (Å²) in [5.41, 5.74) is 1.08. The Hall–Kier alpha value is -0.646. The first kappa shape index (κ1) is 17.7. The van der Waals surface area contributed by atoms with Crippen LogP contribution in [0.25, 0.3) is 10.9 Å². The van der Waals surface area contributed by atoms with Gasteiger partial charge in [0.2, 0.25) is 0 Å². The zero-order chi connectivity index (χ0) is 16.3. The van der Waals surface area contributed by atoms with Gasteiger partial charge >= 0.3 is 138 Å². The molecule has 0 spiro atoms. The number of nitrogens with one attached hydrogen (secondary N) is 1. The van der Waals surface area contributed by atoms with Gasteiger partial charge in [-0.15, -0.1) is 0 Å². The molecular formula is C17H27NO3Ti. The molecule has 0 aliphatic carbocycles. The van der Waals surface area contributed by atoms with Gasteiger partial charge in [0.15, 0.2) is 0 Å². The molecule has 0 bridgehead atoms. The molecule has 0 saturated heterocycles. The van der Waals surface area contributed by atoms with Crippen molar-refractivity contribution in [3.63, 3.8) is 0 Å².